The summed E-state index contributed by atoms with van der Waals surface area (Å²) in [6.07, 6.45) is -0.714. The number of carbonyl (C=O) groups is 2. The van der Waals surface area contributed by atoms with E-state index in [1.807, 2.05) is 0 Å². The van der Waals surface area contributed by atoms with Crippen molar-refractivity contribution in [2.24, 2.45) is 0 Å². The number of hydroxylamine groups is 2. The number of rotatable bonds is 1. The van der Waals surface area contributed by atoms with E-state index in [1.54, 1.807) is 0 Å². The first-order valence-electron chi connectivity index (χ1n) is 2.86. The maximum absolute atomic E-state index is 10.7. The van der Waals surface area contributed by atoms with Crippen LogP contribution in [0.4, 0.5) is 0 Å². The summed E-state index contributed by atoms with van der Waals surface area (Å²) in [5.41, 5.74) is 0. The zero-order chi connectivity index (χ0) is 9.52. The van der Waals surface area contributed by atoms with Gasteiger partial charge < -0.3 is 0 Å². The molecule has 1 rings (SSSR count). The van der Waals surface area contributed by atoms with Crippen LogP contribution < -0.4 is 6.15 Å². The van der Waals surface area contributed by atoms with E-state index in [0.717, 1.165) is 0 Å². The van der Waals surface area contributed by atoms with Crippen LogP contribution >= 0.6 is 0 Å². The molecule has 2 N–H and O–H groups in total. The molecule has 0 spiro atoms. The van der Waals surface area contributed by atoms with Crippen molar-refractivity contribution < 1.29 is 27.8 Å². The van der Waals surface area contributed by atoms with Crippen molar-refractivity contribution in [2.75, 3.05) is 0 Å². The third-order valence-electron chi connectivity index (χ3n) is 1.44. The summed E-state index contributed by atoms with van der Waals surface area (Å²) < 4.78 is 29.1. The molecule has 1 fully saturated rings. The quantitative estimate of drug-likeness (QED) is 0.218. The monoisotopic (exact) mass is 233 g/mol. The molecule has 0 bridgehead atoms. The second-order valence-corrected chi connectivity index (χ2v) is 3.85. The van der Waals surface area contributed by atoms with E-state index in [9.17, 15) is 18.0 Å². The Morgan fingerprint density at radius 3 is 1.93 bits per heavy atom. The molecular weight excluding hydrogens is 227 g/mol. The summed E-state index contributed by atoms with van der Waals surface area (Å²) in [6.45, 7) is 0. The first kappa shape index (κ1) is 16.4. The predicted molar refractivity (Wildman–Crippen MR) is 42.9 cm³/mol. The first-order valence-corrected chi connectivity index (χ1v) is 4.36. The molecule has 3 radical (unpaired) electrons. The molecule has 1 aliphatic heterocycles. The Labute approximate surface area is 102 Å². The number of imide groups is 1. The second kappa shape index (κ2) is 5.16. The van der Waals surface area contributed by atoms with E-state index >= 15 is 0 Å². The van der Waals surface area contributed by atoms with E-state index in [2.05, 4.69) is 0 Å². The fourth-order valence-corrected chi connectivity index (χ4v) is 1.53. The van der Waals surface area contributed by atoms with Gasteiger partial charge in [-0.05, 0) is 0 Å². The Kier molecular flexibility index (Phi) is 6.05. The van der Waals surface area contributed by atoms with Gasteiger partial charge in [-0.15, -0.1) is 0 Å². The van der Waals surface area contributed by atoms with Crippen LogP contribution in [0, 0.1) is 0 Å². The normalized spacial score (nSPS) is 21.6. The van der Waals surface area contributed by atoms with Gasteiger partial charge in [-0.1, -0.05) is 0 Å². The molecule has 1 aliphatic rings. The fourth-order valence-electron chi connectivity index (χ4n) is 0.824. The van der Waals surface area contributed by atoms with Crippen molar-refractivity contribution >= 4 is 51.5 Å². The van der Waals surface area contributed by atoms with Crippen molar-refractivity contribution in [3.8, 4) is 0 Å². The topological polar surface area (TPSA) is 142 Å². The number of amides is 2. The number of nitrogens with zero attached hydrogens (tertiary/aromatic N) is 2. The molecule has 1 heterocycles. The van der Waals surface area contributed by atoms with Crippen LogP contribution in [0.5, 0.6) is 0 Å². The van der Waals surface area contributed by atoms with E-state index in [-0.39, 0.29) is 40.8 Å². The SMILES string of the molecule is O=C1CC(S(=O)(=O)O)C(=O)N1O.[N].[NaH]. The Morgan fingerprint density at radius 2 is 1.79 bits per heavy atom. The van der Waals surface area contributed by atoms with Gasteiger partial charge >= 0.3 is 29.6 Å². The Morgan fingerprint density at radius 1 is 1.36 bits per heavy atom. The first-order chi connectivity index (χ1) is 5.34. The molecule has 2 amide bonds. The van der Waals surface area contributed by atoms with Gasteiger partial charge in [0.1, 0.15) is 0 Å². The minimum atomic E-state index is -4.59. The summed E-state index contributed by atoms with van der Waals surface area (Å²) >= 11 is 0. The predicted octanol–water partition coefficient (Wildman–Crippen LogP) is -2.74. The zero-order valence-corrected chi connectivity index (χ0v) is 6.93. The molecule has 0 saturated carbocycles. The molecule has 0 aromatic rings. The van der Waals surface area contributed by atoms with Gasteiger partial charge in [0, 0.05) is 6.15 Å². The van der Waals surface area contributed by atoms with Crippen LogP contribution in [0.25, 0.3) is 0 Å². The summed E-state index contributed by atoms with van der Waals surface area (Å²) in [7, 11) is -4.59. The molecule has 75 valence electrons. The molecule has 0 aliphatic carbocycles. The van der Waals surface area contributed by atoms with Gasteiger partial charge in [0.05, 0.1) is 6.42 Å². The molecule has 14 heavy (non-hydrogen) atoms. The van der Waals surface area contributed by atoms with Gasteiger partial charge in [0.2, 0.25) is 0 Å². The minimum absolute atomic E-state index is 0. The summed E-state index contributed by atoms with van der Waals surface area (Å²) in [6, 6.07) is 0. The molecule has 0 aromatic heterocycles. The average molecular weight is 233 g/mol. The Balaban J connectivity index is 0. The van der Waals surface area contributed by atoms with E-state index in [4.69, 9.17) is 9.76 Å². The second-order valence-electron chi connectivity index (χ2n) is 2.25. The third-order valence-corrected chi connectivity index (χ3v) is 2.53. The number of carbonyl (C=O) groups excluding carboxylic acids is 2. The molecule has 0 aromatic carbocycles. The van der Waals surface area contributed by atoms with Crippen molar-refractivity contribution in [3.05, 3.63) is 0 Å². The molecule has 10 heteroatoms. The summed E-state index contributed by atoms with van der Waals surface area (Å²) in [4.78, 5) is 21.2. The Bertz CT molecular complexity index is 340. The van der Waals surface area contributed by atoms with Gasteiger partial charge in [0.25, 0.3) is 21.9 Å². The summed E-state index contributed by atoms with van der Waals surface area (Å²) in [5, 5.41) is 6.40. The van der Waals surface area contributed by atoms with Gasteiger partial charge in [-0.25, -0.2) is 0 Å². The van der Waals surface area contributed by atoms with Crippen LogP contribution in [-0.2, 0) is 19.7 Å². The van der Waals surface area contributed by atoms with E-state index < -0.39 is 33.6 Å². The van der Waals surface area contributed by atoms with Gasteiger partial charge in [0.15, 0.2) is 5.25 Å². The number of hydrogen-bond acceptors (Lipinski definition) is 5. The van der Waals surface area contributed by atoms with Crippen LogP contribution in [0.2, 0.25) is 0 Å². The van der Waals surface area contributed by atoms with Crippen molar-refractivity contribution in [3.63, 3.8) is 0 Å². The number of hydrogen-bond donors (Lipinski definition) is 2. The Hall–Kier alpha value is -0.0300. The standard InChI is InChI=1S/C4H5NO6S.N.Na.H/c6-3-1-2(12(9,10)11)4(7)5(3)8;;;/h2,8H,1H2,(H,9,10,11);;;. The third kappa shape index (κ3) is 2.98. The molecule has 1 unspecified atom stereocenters. The van der Waals surface area contributed by atoms with Crippen molar-refractivity contribution in [1.82, 2.24) is 11.2 Å². The van der Waals surface area contributed by atoms with Gasteiger partial charge in [-0.2, -0.15) is 13.5 Å². The van der Waals surface area contributed by atoms with Crippen LogP contribution in [-0.4, -0.2) is 69.9 Å². The van der Waals surface area contributed by atoms with Crippen molar-refractivity contribution in [1.29, 1.82) is 0 Å². The van der Waals surface area contributed by atoms with Crippen LogP contribution in [0.15, 0.2) is 0 Å². The summed E-state index contributed by atoms with van der Waals surface area (Å²) in [5.74, 6) is -2.36. The van der Waals surface area contributed by atoms with E-state index in [0.29, 0.717) is 0 Å². The maximum atomic E-state index is 10.7. The zero-order valence-electron chi connectivity index (χ0n) is 6.11. The molecule has 1 atom stereocenters. The van der Waals surface area contributed by atoms with E-state index in [1.165, 1.54) is 0 Å². The van der Waals surface area contributed by atoms with Gasteiger partial charge in [-0.3, -0.25) is 19.3 Å². The van der Waals surface area contributed by atoms with Crippen LogP contribution in [0.3, 0.4) is 0 Å². The molecular formula is C4H6N2NaO6S. The molecule has 8 nitrogen and oxygen atoms in total. The fraction of sp³-hybridized carbons (Fsp3) is 0.500. The van der Waals surface area contributed by atoms with Crippen molar-refractivity contribution in [2.45, 2.75) is 11.7 Å². The average Bonchev–Trinajstić information content (AvgIpc) is 2.15. The van der Waals surface area contributed by atoms with Crippen LogP contribution in [0.1, 0.15) is 6.42 Å². The molecule has 1 saturated heterocycles.